The number of nitrogens with one attached hydrogen (secondary N) is 1. The number of nitrogens with zero attached hydrogens (tertiary/aromatic N) is 1. The molecular weight excluding hydrogens is 436 g/mol. The van der Waals surface area contributed by atoms with Crippen LogP contribution >= 0.6 is 0 Å². The Labute approximate surface area is 188 Å². The van der Waals surface area contributed by atoms with Crippen molar-refractivity contribution in [1.82, 2.24) is 4.90 Å². The van der Waals surface area contributed by atoms with Crippen LogP contribution in [0.3, 0.4) is 0 Å². The van der Waals surface area contributed by atoms with Gasteiger partial charge in [0, 0.05) is 25.9 Å². The second-order valence-corrected chi connectivity index (χ2v) is 8.58. The summed E-state index contributed by atoms with van der Waals surface area (Å²) in [5.74, 6) is -0.336. The number of hydrogen-bond donors (Lipinski definition) is 1. The van der Waals surface area contributed by atoms with Gasteiger partial charge in [0.1, 0.15) is 5.75 Å². The molecule has 9 nitrogen and oxygen atoms in total. The first-order valence-electron chi connectivity index (χ1n) is 10.1. The lowest BCUT2D eigenvalue weighted by molar-refractivity contribution is 0.0526. The van der Waals surface area contributed by atoms with Crippen molar-refractivity contribution in [3.63, 3.8) is 0 Å². The van der Waals surface area contributed by atoms with Gasteiger partial charge in [-0.05, 0) is 55.8 Å². The topological polar surface area (TPSA) is 111 Å². The highest BCUT2D eigenvalue weighted by Crippen LogP contribution is 2.17. The molecule has 32 heavy (non-hydrogen) atoms. The third-order valence-corrected chi connectivity index (χ3v) is 5.53. The third-order valence-electron chi connectivity index (χ3n) is 4.37. The predicted molar refractivity (Wildman–Crippen MR) is 120 cm³/mol. The summed E-state index contributed by atoms with van der Waals surface area (Å²) in [6, 6.07) is 12.5. The zero-order valence-electron chi connectivity index (χ0n) is 18.4. The quantitative estimate of drug-likeness (QED) is 0.401. The summed E-state index contributed by atoms with van der Waals surface area (Å²) in [6.07, 6.45) is 0. The first-order valence-corrected chi connectivity index (χ1v) is 11.7. The van der Waals surface area contributed by atoms with Crippen LogP contribution < -0.4 is 9.50 Å². The molecule has 174 valence electrons. The van der Waals surface area contributed by atoms with E-state index in [1.54, 1.807) is 67.5 Å². The molecule has 2 aromatic carbocycles. The molecule has 2 rings (SSSR count). The van der Waals surface area contributed by atoms with Gasteiger partial charge in [-0.3, -0.25) is 0 Å². The van der Waals surface area contributed by atoms with Crippen molar-refractivity contribution in [2.45, 2.75) is 20.4 Å². The van der Waals surface area contributed by atoms with Crippen LogP contribution in [0.1, 0.15) is 29.8 Å². The van der Waals surface area contributed by atoms with Crippen LogP contribution in [0.2, 0.25) is 0 Å². The van der Waals surface area contributed by atoms with E-state index in [0.717, 1.165) is 5.56 Å². The summed E-state index contributed by atoms with van der Waals surface area (Å²) >= 11 is 0. The molecular formula is C22H28N2O7S. The summed E-state index contributed by atoms with van der Waals surface area (Å²) in [4.78, 5) is 26.1. The maximum Gasteiger partial charge on any atom is 0.338 e. The molecule has 0 heterocycles. The Morgan fingerprint density at radius 1 is 1.00 bits per heavy atom. The SMILES string of the molecule is CCOC(=O)c1ccc(NC(=O)N(CCOC)Cc2ccc(OS(=O)(=O)CC)cc2)cc1. The van der Waals surface area contributed by atoms with Gasteiger partial charge in [-0.2, -0.15) is 8.42 Å². The average Bonchev–Trinajstić information content (AvgIpc) is 2.78. The molecule has 0 unspecified atom stereocenters. The van der Waals surface area contributed by atoms with E-state index < -0.39 is 16.1 Å². The summed E-state index contributed by atoms with van der Waals surface area (Å²) in [6.45, 7) is 4.47. The van der Waals surface area contributed by atoms with E-state index in [0.29, 0.717) is 24.4 Å². The Kier molecular flexibility index (Phi) is 9.48. The molecule has 0 radical (unpaired) electrons. The Balaban J connectivity index is 2.05. The zero-order valence-corrected chi connectivity index (χ0v) is 19.2. The van der Waals surface area contributed by atoms with Gasteiger partial charge in [0.05, 0.1) is 24.5 Å². The first kappa shape index (κ1) is 25.2. The van der Waals surface area contributed by atoms with E-state index in [1.807, 2.05) is 0 Å². The number of anilines is 1. The molecule has 0 aromatic heterocycles. The fraction of sp³-hybridized carbons (Fsp3) is 0.364. The summed E-state index contributed by atoms with van der Waals surface area (Å²) in [5, 5.41) is 2.79. The molecule has 10 heteroatoms. The molecule has 0 saturated heterocycles. The molecule has 0 bridgehead atoms. The van der Waals surface area contributed by atoms with Crippen molar-refractivity contribution in [1.29, 1.82) is 0 Å². The smallest absolute Gasteiger partial charge is 0.338 e. The highest BCUT2D eigenvalue weighted by molar-refractivity contribution is 7.87. The van der Waals surface area contributed by atoms with Crippen LogP contribution in [0.4, 0.5) is 10.5 Å². The monoisotopic (exact) mass is 464 g/mol. The number of urea groups is 1. The van der Waals surface area contributed by atoms with Crippen molar-refractivity contribution in [2.75, 3.05) is 37.9 Å². The van der Waals surface area contributed by atoms with Crippen LogP contribution in [-0.4, -0.2) is 57.9 Å². The second kappa shape index (κ2) is 12.1. The zero-order chi connectivity index (χ0) is 23.6. The number of methoxy groups -OCH3 is 1. The number of rotatable bonds is 11. The number of benzene rings is 2. The number of esters is 1. The van der Waals surface area contributed by atoms with Crippen LogP contribution in [-0.2, 0) is 26.1 Å². The Morgan fingerprint density at radius 2 is 1.66 bits per heavy atom. The molecule has 0 spiro atoms. The van der Waals surface area contributed by atoms with Crippen LogP contribution in [0.15, 0.2) is 48.5 Å². The van der Waals surface area contributed by atoms with Crippen LogP contribution in [0.5, 0.6) is 5.75 Å². The molecule has 0 atom stereocenters. The molecule has 0 saturated carbocycles. The molecule has 1 N–H and O–H groups in total. The molecule has 0 aliphatic carbocycles. The summed E-state index contributed by atoms with van der Waals surface area (Å²) < 4.78 is 38.2. The van der Waals surface area contributed by atoms with Gasteiger partial charge < -0.3 is 23.9 Å². The highest BCUT2D eigenvalue weighted by Gasteiger charge is 2.16. The van der Waals surface area contributed by atoms with Gasteiger partial charge in [-0.1, -0.05) is 12.1 Å². The maximum absolute atomic E-state index is 12.8. The van der Waals surface area contributed by atoms with Crippen LogP contribution in [0, 0.1) is 0 Å². The molecule has 0 aliphatic rings. The largest absolute Gasteiger partial charge is 0.462 e. The molecule has 2 aromatic rings. The Bertz CT molecular complexity index is 990. The van der Waals surface area contributed by atoms with Gasteiger partial charge in [0.15, 0.2) is 0 Å². The van der Waals surface area contributed by atoms with E-state index >= 15 is 0 Å². The number of amides is 2. The minimum absolute atomic E-state index is 0.125. The third kappa shape index (κ3) is 7.86. The van der Waals surface area contributed by atoms with Crippen molar-refractivity contribution in [2.24, 2.45) is 0 Å². The van der Waals surface area contributed by atoms with Crippen LogP contribution in [0.25, 0.3) is 0 Å². The van der Waals surface area contributed by atoms with E-state index in [4.69, 9.17) is 13.7 Å². The minimum Gasteiger partial charge on any atom is -0.462 e. The van der Waals surface area contributed by atoms with Crippen molar-refractivity contribution >= 4 is 27.8 Å². The first-order chi connectivity index (χ1) is 15.3. The fourth-order valence-corrected chi connectivity index (χ4v) is 3.16. The van der Waals surface area contributed by atoms with E-state index in [1.165, 1.54) is 6.92 Å². The summed E-state index contributed by atoms with van der Waals surface area (Å²) in [5.41, 5.74) is 1.71. The number of carbonyl (C=O) groups excluding carboxylic acids is 2. The number of ether oxygens (including phenoxy) is 2. The lowest BCUT2D eigenvalue weighted by Crippen LogP contribution is -2.36. The minimum atomic E-state index is -3.60. The van der Waals surface area contributed by atoms with Gasteiger partial charge in [0.2, 0.25) is 0 Å². The number of hydrogen-bond acceptors (Lipinski definition) is 7. The van der Waals surface area contributed by atoms with Crippen molar-refractivity contribution < 1.29 is 31.7 Å². The van der Waals surface area contributed by atoms with E-state index in [2.05, 4.69) is 5.32 Å². The molecule has 2 amide bonds. The van der Waals surface area contributed by atoms with E-state index in [9.17, 15) is 18.0 Å². The van der Waals surface area contributed by atoms with Gasteiger partial charge in [0.25, 0.3) is 0 Å². The summed E-state index contributed by atoms with van der Waals surface area (Å²) in [7, 11) is -2.05. The van der Waals surface area contributed by atoms with Gasteiger partial charge in [-0.15, -0.1) is 0 Å². The van der Waals surface area contributed by atoms with Gasteiger partial charge in [-0.25, -0.2) is 9.59 Å². The molecule has 0 aliphatic heterocycles. The standard InChI is InChI=1S/C22H28N2O7S/c1-4-30-21(25)18-8-10-19(11-9-18)23-22(26)24(14-15-29-3)16-17-6-12-20(13-7-17)31-32(27,28)5-2/h6-13H,4-5,14-16H2,1-3H3,(H,23,26). The predicted octanol–water partition coefficient (Wildman–Crippen LogP) is 3.27. The fourth-order valence-electron chi connectivity index (χ4n) is 2.64. The maximum atomic E-state index is 12.8. The van der Waals surface area contributed by atoms with Gasteiger partial charge >= 0.3 is 22.1 Å². The Morgan fingerprint density at radius 3 is 2.22 bits per heavy atom. The second-order valence-electron chi connectivity index (χ2n) is 6.72. The molecule has 0 fully saturated rings. The van der Waals surface area contributed by atoms with Crippen molar-refractivity contribution in [3.05, 3.63) is 59.7 Å². The lowest BCUT2D eigenvalue weighted by atomic mass is 10.2. The lowest BCUT2D eigenvalue weighted by Gasteiger charge is -2.23. The van der Waals surface area contributed by atoms with E-state index in [-0.39, 0.29) is 30.7 Å². The normalized spacial score (nSPS) is 11.0. The Hall–Kier alpha value is -3.11. The number of carbonyl (C=O) groups is 2. The highest BCUT2D eigenvalue weighted by atomic mass is 32.2. The average molecular weight is 465 g/mol. The van der Waals surface area contributed by atoms with Crippen molar-refractivity contribution in [3.8, 4) is 5.75 Å².